The number of carbonyl (C=O) groups is 1. The maximum Gasteiger partial charge on any atom is 0.312 e. The predicted molar refractivity (Wildman–Crippen MR) is 59.1 cm³/mol. The Morgan fingerprint density at radius 3 is 2.88 bits per heavy atom. The van der Waals surface area contributed by atoms with Gasteiger partial charge in [-0.25, -0.2) is 0 Å². The first kappa shape index (κ1) is 13.4. The minimum absolute atomic E-state index is 0.316. The Morgan fingerprint density at radius 1 is 1.50 bits per heavy atom. The minimum atomic E-state index is -0.564. The Labute approximate surface area is 96.3 Å². The molecule has 0 aliphatic carbocycles. The van der Waals surface area contributed by atoms with Crippen molar-refractivity contribution in [3.8, 4) is 0 Å². The van der Waals surface area contributed by atoms with Crippen molar-refractivity contribution in [2.75, 3.05) is 40.5 Å². The lowest BCUT2D eigenvalue weighted by Crippen LogP contribution is -2.47. The number of ether oxygens (including phenoxy) is 2. The SMILES string of the molecule is COCCCN1CC[C@@H](O)[C@@H](C(=O)OC)C1. The van der Waals surface area contributed by atoms with Crippen molar-refractivity contribution in [1.82, 2.24) is 4.90 Å². The molecule has 94 valence electrons. The molecule has 0 aromatic heterocycles. The maximum atomic E-state index is 11.4. The first-order chi connectivity index (χ1) is 7.69. The maximum absolute atomic E-state index is 11.4. The largest absolute Gasteiger partial charge is 0.469 e. The summed E-state index contributed by atoms with van der Waals surface area (Å²) in [4.78, 5) is 13.6. The average molecular weight is 231 g/mol. The summed E-state index contributed by atoms with van der Waals surface area (Å²) in [6.07, 6.45) is 1.01. The summed E-state index contributed by atoms with van der Waals surface area (Å²) >= 11 is 0. The molecule has 2 atom stereocenters. The van der Waals surface area contributed by atoms with Gasteiger partial charge in [0.25, 0.3) is 0 Å². The van der Waals surface area contributed by atoms with Crippen LogP contribution in [-0.4, -0.2) is 62.5 Å². The van der Waals surface area contributed by atoms with E-state index in [-0.39, 0.29) is 5.97 Å². The van der Waals surface area contributed by atoms with Crippen molar-refractivity contribution in [3.05, 3.63) is 0 Å². The van der Waals surface area contributed by atoms with E-state index < -0.39 is 12.0 Å². The molecule has 0 spiro atoms. The van der Waals surface area contributed by atoms with Crippen molar-refractivity contribution in [3.63, 3.8) is 0 Å². The molecular weight excluding hydrogens is 210 g/mol. The van der Waals surface area contributed by atoms with Gasteiger partial charge in [-0.1, -0.05) is 0 Å². The first-order valence-corrected chi connectivity index (χ1v) is 5.66. The summed E-state index contributed by atoms with van der Waals surface area (Å²) < 4.78 is 9.67. The van der Waals surface area contributed by atoms with Crippen LogP contribution in [0.15, 0.2) is 0 Å². The zero-order valence-corrected chi connectivity index (χ0v) is 10.0. The van der Waals surface area contributed by atoms with E-state index in [0.717, 1.165) is 26.1 Å². The summed E-state index contributed by atoms with van der Waals surface area (Å²) in [7, 11) is 3.04. The number of piperidine rings is 1. The second-order valence-corrected chi connectivity index (χ2v) is 4.13. The van der Waals surface area contributed by atoms with E-state index in [0.29, 0.717) is 13.0 Å². The highest BCUT2D eigenvalue weighted by Crippen LogP contribution is 2.18. The molecular formula is C11H21NO4. The highest BCUT2D eigenvalue weighted by molar-refractivity contribution is 5.73. The average Bonchev–Trinajstić information content (AvgIpc) is 2.30. The third-order valence-electron chi connectivity index (χ3n) is 2.99. The number of nitrogens with zero attached hydrogens (tertiary/aromatic N) is 1. The third-order valence-corrected chi connectivity index (χ3v) is 2.99. The van der Waals surface area contributed by atoms with Crippen molar-refractivity contribution in [1.29, 1.82) is 0 Å². The zero-order valence-electron chi connectivity index (χ0n) is 10.0. The summed E-state index contributed by atoms with van der Waals surface area (Å²) in [5, 5.41) is 9.71. The smallest absolute Gasteiger partial charge is 0.312 e. The topological polar surface area (TPSA) is 59.0 Å². The molecule has 1 fully saturated rings. The molecule has 5 heteroatoms. The summed E-state index contributed by atoms with van der Waals surface area (Å²) in [5.41, 5.74) is 0. The van der Waals surface area contributed by atoms with Crippen molar-refractivity contribution in [2.45, 2.75) is 18.9 Å². The number of esters is 1. The van der Waals surface area contributed by atoms with Gasteiger partial charge in [0.05, 0.1) is 19.1 Å². The predicted octanol–water partition coefficient (Wildman–Crippen LogP) is -0.121. The van der Waals surface area contributed by atoms with E-state index in [4.69, 9.17) is 4.74 Å². The van der Waals surface area contributed by atoms with Gasteiger partial charge in [-0.2, -0.15) is 0 Å². The number of aliphatic hydroxyl groups is 1. The molecule has 0 saturated carbocycles. The highest BCUT2D eigenvalue weighted by atomic mass is 16.5. The van der Waals surface area contributed by atoms with Gasteiger partial charge in [0.15, 0.2) is 0 Å². The lowest BCUT2D eigenvalue weighted by molar-refractivity contribution is -0.152. The molecule has 1 N–H and O–H groups in total. The lowest BCUT2D eigenvalue weighted by atomic mass is 9.95. The Kier molecular flexibility index (Phi) is 5.73. The van der Waals surface area contributed by atoms with Crippen LogP contribution in [0.5, 0.6) is 0 Å². The summed E-state index contributed by atoms with van der Waals surface area (Å²) in [5.74, 6) is -0.717. The monoisotopic (exact) mass is 231 g/mol. The second kappa shape index (κ2) is 6.83. The molecule has 0 radical (unpaired) electrons. The van der Waals surface area contributed by atoms with Crippen LogP contribution >= 0.6 is 0 Å². The van der Waals surface area contributed by atoms with Crippen molar-refractivity contribution in [2.24, 2.45) is 5.92 Å². The van der Waals surface area contributed by atoms with Gasteiger partial charge >= 0.3 is 5.97 Å². The lowest BCUT2D eigenvalue weighted by Gasteiger charge is -2.34. The Morgan fingerprint density at radius 2 is 2.25 bits per heavy atom. The fourth-order valence-electron chi connectivity index (χ4n) is 2.03. The molecule has 1 rings (SSSR count). The molecule has 1 aliphatic heterocycles. The van der Waals surface area contributed by atoms with Gasteiger partial charge in [0.1, 0.15) is 0 Å². The van der Waals surface area contributed by atoms with Gasteiger partial charge in [0.2, 0.25) is 0 Å². The van der Waals surface area contributed by atoms with Crippen LogP contribution in [0.3, 0.4) is 0 Å². The highest BCUT2D eigenvalue weighted by Gasteiger charge is 2.33. The van der Waals surface area contributed by atoms with Gasteiger partial charge in [-0.05, 0) is 12.8 Å². The standard InChI is InChI=1S/C11H21NO4/c1-15-7-3-5-12-6-4-10(13)9(8-12)11(14)16-2/h9-10,13H,3-8H2,1-2H3/t9-,10+/m0/s1. The molecule has 5 nitrogen and oxygen atoms in total. The van der Waals surface area contributed by atoms with Crippen molar-refractivity contribution < 1.29 is 19.4 Å². The number of hydrogen-bond donors (Lipinski definition) is 1. The van der Waals surface area contributed by atoms with E-state index in [1.165, 1.54) is 7.11 Å². The van der Waals surface area contributed by atoms with E-state index in [2.05, 4.69) is 9.64 Å². The van der Waals surface area contributed by atoms with Crippen LogP contribution in [0.25, 0.3) is 0 Å². The second-order valence-electron chi connectivity index (χ2n) is 4.13. The molecule has 0 aromatic rings. The number of rotatable bonds is 5. The van der Waals surface area contributed by atoms with Gasteiger partial charge < -0.3 is 19.5 Å². The van der Waals surface area contributed by atoms with Crippen LogP contribution in [0, 0.1) is 5.92 Å². The van der Waals surface area contributed by atoms with E-state index in [1.54, 1.807) is 7.11 Å². The van der Waals surface area contributed by atoms with Crippen LogP contribution in [-0.2, 0) is 14.3 Å². The van der Waals surface area contributed by atoms with E-state index in [1.807, 2.05) is 0 Å². The number of hydrogen-bond acceptors (Lipinski definition) is 5. The molecule has 0 aromatic carbocycles. The fourth-order valence-corrected chi connectivity index (χ4v) is 2.03. The van der Waals surface area contributed by atoms with Gasteiger partial charge in [-0.3, -0.25) is 4.79 Å². The zero-order chi connectivity index (χ0) is 12.0. The Hall–Kier alpha value is -0.650. The number of methoxy groups -OCH3 is 2. The quantitative estimate of drug-likeness (QED) is 0.528. The number of aliphatic hydroxyl groups excluding tert-OH is 1. The van der Waals surface area contributed by atoms with Crippen LogP contribution in [0.1, 0.15) is 12.8 Å². The van der Waals surface area contributed by atoms with Crippen LogP contribution in [0.2, 0.25) is 0 Å². The molecule has 0 bridgehead atoms. The van der Waals surface area contributed by atoms with Crippen LogP contribution in [0.4, 0.5) is 0 Å². The molecule has 1 saturated heterocycles. The van der Waals surface area contributed by atoms with Crippen molar-refractivity contribution >= 4 is 5.97 Å². The minimum Gasteiger partial charge on any atom is -0.469 e. The van der Waals surface area contributed by atoms with Crippen LogP contribution < -0.4 is 0 Å². The Balaban J connectivity index is 2.38. The molecule has 16 heavy (non-hydrogen) atoms. The fraction of sp³-hybridized carbons (Fsp3) is 0.909. The number of likely N-dealkylation sites (tertiary alicyclic amines) is 1. The molecule has 1 heterocycles. The molecule has 0 unspecified atom stereocenters. The number of carbonyl (C=O) groups excluding carboxylic acids is 1. The molecule has 0 amide bonds. The van der Waals surface area contributed by atoms with E-state index >= 15 is 0 Å². The normalized spacial score (nSPS) is 26.7. The summed E-state index contributed by atoms with van der Waals surface area (Å²) in [6.45, 7) is 3.03. The molecule has 1 aliphatic rings. The first-order valence-electron chi connectivity index (χ1n) is 5.66. The third kappa shape index (κ3) is 3.73. The van der Waals surface area contributed by atoms with E-state index in [9.17, 15) is 9.90 Å². The Bertz CT molecular complexity index is 222. The van der Waals surface area contributed by atoms with Gasteiger partial charge in [-0.15, -0.1) is 0 Å². The summed E-state index contributed by atoms with van der Waals surface area (Å²) in [6, 6.07) is 0. The van der Waals surface area contributed by atoms with Gasteiger partial charge in [0, 0.05) is 33.4 Å².